The SMILES string of the molecule is [O-]B([O-])[O-].[V].[Zn+2]. The summed E-state index contributed by atoms with van der Waals surface area (Å²) in [5.41, 5.74) is 0. The van der Waals surface area contributed by atoms with Gasteiger partial charge < -0.3 is 15.1 Å². The maximum absolute atomic E-state index is 8.42. The van der Waals surface area contributed by atoms with Gasteiger partial charge >= 0.3 is 19.5 Å². The van der Waals surface area contributed by atoms with Crippen molar-refractivity contribution in [3.05, 3.63) is 0 Å². The Labute approximate surface area is 60.6 Å². The Bertz CT molecular complexity index is 15.5. The largest absolute Gasteiger partial charge is 2.00 e. The third kappa shape index (κ3) is 66.9. The number of hydrogen-bond donors (Lipinski definition) is 0. The quantitative estimate of drug-likeness (QED) is 0.353. The van der Waals surface area contributed by atoms with Crippen molar-refractivity contribution in [3.63, 3.8) is 0 Å². The maximum atomic E-state index is 8.42. The van der Waals surface area contributed by atoms with E-state index in [9.17, 15) is 0 Å². The van der Waals surface area contributed by atoms with Crippen LogP contribution < -0.4 is 15.1 Å². The molecule has 0 rings (SSSR count). The second-order valence-electron chi connectivity index (χ2n) is 0.289. The van der Waals surface area contributed by atoms with Crippen molar-refractivity contribution in [1.82, 2.24) is 0 Å². The second kappa shape index (κ2) is 9.47. The predicted octanol–water partition coefficient (Wildman–Crippen LogP) is -3.95. The van der Waals surface area contributed by atoms with E-state index in [1.165, 1.54) is 0 Å². The molecule has 0 aromatic heterocycles. The van der Waals surface area contributed by atoms with E-state index >= 15 is 0 Å². The molecule has 0 fully saturated rings. The van der Waals surface area contributed by atoms with Crippen LogP contribution in [0, 0.1) is 0 Å². The third-order valence-electron chi connectivity index (χ3n) is 0. The Balaban J connectivity index is -0.0000000450. The Hall–Kier alpha value is 1.15. The Morgan fingerprint density at radius 3 is 1.00 bits per heavy atom. The fourth-order valence-electron chi connectivity index (χ4n) is 0. The molecular weight excluding hydrogens is 175 g/mol. The van der Waals surface area contributed by atoms with E-state index in [-0.39, 0.29) is 38.0 Å². The van der Waals surface area contributed by atoms with Gasteiger partial charge in [0.05, 0.1) is 0 Å². The van der Waals surface area contributed by atoms with Crippen molar-refractivity contribution >= 4 is 7.32 Å². The van der Waals surface area contributed by atoms with Crippen LogP contribution in [-0.4, -0.2) is 7.32 Å². The van der Waals surface area contributed by atoms with Gasteiger partial charge in [0, 0.05) is 18.6 Å². The first-order valence-corrected chi connectivity index (χ1v) is 0.707. The van der Waals surface area contributed by atoms with E-state index in [0.29, 0.717) is 0 Å². The summed E-state index contributed by atoms with van der Waals surface area (Å²) in [7, 11) is -2.92. The molecule has 29 valence electrons. The standard InChI is InChI=1S/BO3.V.Zn/c2-1(3)4;;/q-3;;+2. The van der Waals surface area contributed by atoms with Gasteiger partial charge in [-0.25, -0.2) is 0 Å². The fraction of sp³-hybridized carbons (Fsp3) is 0. The van der Waals surface area contributed by atoms with Crippen LogP contribution in [0.1, 0.15) is 0 Å². The van der Waals surface area contributed by atoms with Gasteiger partial charge in [-0.05, 0) is 0 Å². The molecule has 3 nitrogen and oxygen atoms in total. The topological polar surface area (TPSA) is 69.2 Å². The van der Waals surface area contributed by atoms with Gasteiger partial charge in [-0.2, -0.15) is 0 Å². The molecule has 0 N–H and O–H groups in total. The third-order valence-corrected chi connectivity index (χ3v) is 0. The zero-order valence-electron chi connectivity index (χ0n) is 2.96. The molecule has 0 aromatic rings. The zero-order valence-corrected chi connectivity index (χ0v) is 7.32. The van der Waals surface area contributed by atoms with Crippen LogP contribution in [0.2, 0.25) is 0 Å². The first-order valence-electron chi connectivity index (χ1n) is 0.707. The first-order chi connectivity index (χ1) is 1.73. The van der Waals surface area contributed by atoms with Gasteiger partial charge in [-0.15, -0.1) is 0 Å². The van der Waals surface area contributed by atoms with Crippen molar-refractivity contribution in [1.29, 1.82) is 0 Å². The summed E-state index contributed by atoms with van der Waals surface area (Å²) in [4.78, 5) is 0. The average molecular weight is 175 g/mol. The van der Waals surface area contributed by atoms with Crippen LogP contribution in [0.3, 0.4) is 0 Å². The molecule has 0 aliphatic heterocycles. The summed E-state index contributed by atoms with van der Waals surface area (Å²) in [6, 6.07) is 0. The van der Waals surface area contributed by atoms with Crippen LogP contribution in [-0.2, 0) is 38.0 Å². The van der Waals surface area contributed by atoms with Gasteiger partial charge in [0.25, 0.3) is 0 Å². The van der Waals surface area contributed by atoms with Crippen LogP contribution in [0.15, 0.2) is 0 Å². The molecular formula is BO3VZn-. The Kier molecular flexibility index (Phi) is 24.8. The Morgan fingerprint density at radius 1 is 1.00 bits per heavy atom. The van der Waals surface area contributed by atoms with Crippen LogP contribution in [0.5, 0.6) is 0 Å². The van der Waals surface area contributed by atoms with E-state index in [1.807, 2.05) is 0 Å². The van der Waals surface area contributed by atoms with Crippen molar-refractivity contribution < 1.29 is 53.1 Å². The maximum Gasteiger partial charge on any atom is 2.00 e. The van der Waals surface area contributed by atoms with Gasteiger partial charge in [0.2, 0.25) is 0 Å². The van der Waals surface area contributed by atoms with Gasteiger partial charge in [-0.1, -0.05) is 0 Å². The smallest absolute Gasteiger partial charge is 0.907 e. The van der Waals surface area contributed by atoms with Crippen molar-refractivity contribution in [2.75, 3.05) is 0 Å². The second-order valence-corrected chi connectivity index (χ2v) is 0.289. The molecule has 0 spiro atoms. The summed E-state index contributed by atoms with van der Waals surface area (Å²) in [5.74, 6) is 0. The molecule has 0 amide bonds. The van der Waals surface area contributed by atoms with Crippen molar-refractivity contribution in [3.8, 4) is 0 Å². The first kappa shape index (κ1) is 15.7. The average Bonchev–Trinajstić information content (AvgIpc) is 0.811. The predicted molar refractivity (Wildman–Crippen MR) is 5.75 cm³/mol. The van der Waals surface area contributed by atoms with E-state index in [1.54, 1.807) is 0 Å². The van der Waals surface area contributed by atoms with Gasteiger partial charge in [0.1, 0.15) is 0 Å². The Morgan fingerprint density at radius 2 is 1.00 bits per heavy atom. The van der Waals surface area contributed by atoms with Crippen LogP contribution in [0.25, 0.3) is 0 Å². The molecule has 0 unspecified atom stereocenters. The molecule has 1 radical (unpaired) electrons. The van der Waals surface area contributed by atoms with E-state index in [0.717, 1.165) is 0 Å². The minimum atomic E-state index is -2.92. The summed E-state index contributed by atoms with van der Waals surface area (Å²) < 4.78 is 0. The summed E-state index contributed by atoms with van der Waals surface area (Å²) in [6.45, 7) is 0. The van der Waals surface area contributed by atoms with Gasteiger partial charge in [0.15, 0.2) is 0 Å². The molecule has 0 bridgehead atoms. The van der Waals surface area contributed by atoms with E-state index in [4.69, 9.17) is 15.1 Å². The minimum Gasteiger partial charge on any atom is -0.907 e. The van der Waals surface area contributed by atoms with E-state index in [2.05, 4.69) is 0 Å². The van der Waals surface area contributed by atoms with Crippen LogP contribution >= 0.6 is 0 Å². The molecule has 0 aromatic carbocycles. The number of hydrogen-bond acceptors (Lipinski definition) is 3. The molecule has 0 atom stereocenters. The normalized spacial score (nSPS) is 4.50. The zero-order chi connectivity index (χ0) is 3.58. The monoisotopic (exact) mass is 174 g/mol. The molecule has 6 heavy (non-hydrogen) atoms. The molecule has 0 aliphatic carbocycles. The molecule has 0 saturated carbocycles. The summed E-state index contributed by atoms with van der Waals surface area (Å²) >= 11 is 0. The fourth-order valence-corrected chi connectivity index (χ4v) is 0. The molecule has 0 aliphatic rings. The summed E-state index contributed by atoms with van der Waals surface area (Å²) in [5, 5.41) is 25.2. The molecule has 0 heterocycles. The molecule has 6 heteroatoms. The van der Waals surface area contributed by atoms with E-state index < -0.39 is 7.32 Å². The van der Waals surface area contributed by atoms with Crippen molar-refractivity contribution in [2.45, 2.75) is 0 Å². The minimum absolute atomic E-state index is 0. The number of rotatable bonds is 0. The summed E-state index contributed by atoms with van der Waals surface area (Å²) in [6.07, 6.45) is 0. The van der Waals surface area contributed by atoms with Crippen molar-refractivity contribution in [2.24, 2.45) is 0 Å². The van der Waals surface area contributed by atoms with Gasteiger partial charge in [-0.3, -0.25) is 7.32 Å². The molecule has 0 saturated heterocycles. The van der Waals surface area contributed by atoms with Crippen LogP contribution in [0.4, 0.5) is 0 Å².